The van der Waals surface area contributed by atoms with Gasteiger partial charge in [-0.2, -0.15) is 9.99 Å². The fourth-order valence-corrected chi connectivity index (χ4v) is 2.64. The third-order valence-corrected chi connectivity index (χ3v) is 3.60. The molecule has 3 rings (SSSR count). The first-order valence-electron chi connectivity index (χ1n) is 7.06. The summed E-state index contributed by atoms with van der Waals surface area (Å²) in [5.74, 6) is 0.682. The van der Waals surface area contributed by atoms with E-state index in [0.717, 1.165) is 21.4 Å². The molecule has 2 aromatic rings. The Bertz CT molecular complexity index is 829. The van der Waals surface area contributed by atoms with Gasteiger partial charge in [-0.1, -0.05) is 0 Å². The third-order valence-electron chi connectivity index (χ3n) is 3.60. The Morgan fingerprint density at radius 2 is 2.00 bits per heavy atom. The van der Waals surface area contributed by atoms with Crippen LogP contribution in [0.2, 0.25) is 0 Å². The van der Waals surface area contributed by atoms with Crippen LogP contribution >= 0.6 is 0 Å². The molecule has 0 amide bonds. The maximum atomic E-state index is 12.3. The van der Waals surface area contributed by atoms with Crippen molar-refractivity contribution in [3.8, 4) is 11.8 Å². The fourth-order valence-electron chi connectivity index (χ4n) is 2.64. The number of rotatable bonds is 1. The molecule has 0 unspecified atom stereocenters. The van der Waals surface area contributed by atoms with Gasteiger partial charge in [0.1, 0.15) is 11.4 Å². The van der Waals surface area contributed by atoms with E-state index in [0.29, 0.717) is 17.0 Å². The van der Waals surface area contributed by atoms with Gasteiger partial charge in [-0.25, -0.2) is 0 Å². The Hall–Kier alpha value is -2.80. The van der Waals surface area contributed by atoms with Crippen molar-refractivity contribution in [2.75, 3.05) is 0 Å². The van der Waals surface area contributed by atoms with Crippen molar-refractivity contribution < 1.29 is 9.47 Å². The number of hydrogen-bond acceptors (Lipinski definition) is 3. The molecule has 22 heavy (non-hydrogen) atoms. The van der Waals surface area contributed by atoms with Crippen LogP contribution in [0.25, 0.3) is 5.57 Å². The van der Waals surface area contributed by atoms with Crippen molar-refractivity contribution >= 4 is 5.57 Å². The van der Waals surface area contributed by atoms with Crippen LogP contribution in [0.3, 0.4) is 0 Å². The van der Waals surface area contributed by atoms with E-state index in [-0.39, 0.29) is 0 Å². The molecule has 0 saturated carbocycles. The molecule has 110 valence electrons. The van der Waals surface area contributed by atoms with Crippen molar-refractivity contribution in [2.45, 2.75) is 26.4 Å². The monoisotopic (exact) mass is 292 g/mol. The van der Waals surface area contributed by atoms with Crippen molar-refractivity contribution in [3.05, 3.63) is 70.2 Å². The van der Waals surface area contributed by atoms with Gasteiger partial charge >= 0.3 is 0 Å². The minimum Gasteiger partial charge on any atom is -0.618 e. The molecule has 1 aliphatic heterocycles. The quantitative estimate of drug-likeness (QED) is 0.599. The van der Waals surface area contributed by atoms with E-state index in [1.54, 1.807) is 30.5 Å². The normalized spacial score (nSPS) is 15.3. The molecule has 0 aliphatic carbocycles. The van der Waals surface area contributed by atoms with Crippen LogP contribution in [-0.2, 0) is 0 Å². The minimum absolute atomic E-state index is 0.519. The number of aryl methyl sites for hydroxylation is 1. The molecule has 0 fully saturated rings. The van der Waals surface area contributed by atoms with E-state index in [9.17, 15) is 5.21 Å². The number of nitriles is 1. The molecule has 0 atom stereocenters. The molecule has 0 N–H and O–H groups in total. The number of ether oxygens (including phenoxy) is 1. The van der Waals surface area contributed by atoms with Crippen molar-refractivity contribution in [1.29, 1.82) is 5.26 Å². The highest BCUT2D eigenvalue weighted by atomic mass is 16.5. The summed E-state index contributed by atoms with van der Waals surface area (Å²) in [5, 5.41) is 21.4. The summed E-state index contributed by atoms with van der Waals surface area (Å²) in [6.45, 7) is 5.76. The van der Waals surface area contributed by atoms with E-state index in [1.165, 1.54) is 0 Å². The maximum absolute atomic E-state index is 12.3. The second kappa shape index (κ2) is 4.88. The second-order valence-corrected chi connectivity index (χ2v) is 6.00. The number of pyridine rings is 1. The summed E-state index contributed by atoms with van der Waals surface area (Å²) in [6.07, 6.45) is 3.47. The smallest absolute Gasteiger partial charge is 0.224 e. The van der Waals surface area contributed by atoms with Crippen molar-refractivity contribution in [3.63, 3.8) is 0 Å². The molecule has 2 heterocycles. The van der Waals surface area contributed by atoms with Gasteiger partial charge < -0.3 is 9.94 Å². The summed E-state index contributed by atoms with van der Waals surface area (Å²) >= 11 is 0. The standard InChI is InChI=1S/C18H16N2O2/c1-12-4-6-16(20(21)11-12)15-9-18(2,3)22-17-7-5-13(10-19)8-14(15)17/h4-9,11H,1-3H3. The molecule has 1 aliphatic rings. The first-order valence-corrected chi connectivity index (χ1v) is 7.06. The molecule has 0 spiro atoms. The van der Waals surface area contributed by atoms with Crippen LogP contribution < -0.4 is 9.47 Å². The van der Waals surface area contributed by atoms with Gasteiger partial charge in [0, 0.05) is 17.2 Å². The average Bonchev–Trinajstić information content (AvgIpc) is 2.45. The highest BCUT2D eigenvalue weighted by Gasteiger charge is 2.30. The molecule has 0 radical (unpaired) electrons. The minimum atomic E-state index is -0.519. The van der Waals surface area contributed by atoms with Crippen LogP contribution in [0.5, 0.6) is 5.75 Å². The number of hydrogen-bond donors (Lipinski definition) is 0. The predicted molar refractivity (Wildman–Crippen MR) is 83.1 cm³/mol. The largest absolute Gasteiger partial charge is 0.618 e. The van der Waals surface area contributed by atoms with E-state index in [1.807, 2.05) is 32.9 Å². The van der Waals surface area contributed by atoms with Gasteiger partial charge in [-0.15, -0.1) is 0 Å². The lowest BCUT2D eigenvalue weighted by Crippen LogP contribution is -2.35. The van der Waals surface area contributed by atoms with Crippen LogP contribution in [0.15, 0.2) is 42.6 Å². The summed E-state index contributed by atoms with van der Waals surface area (Å²) in [4.78, 5) is 0. The van der Waals surface area contributed by atoms with Crippen LogP contribution in [0.4, 0.5) is 0 Å². The molecule has 1 aromatic carbocycles. The lowest BCUT2D eigenvalue weighted by Gasteiger charge is -2.30. The summed E-state index contributed by atoms with van der Waals surface area (Å²) in [5.41, 5.74) is 3.03. The number of fused-ring (bicyclic) bond motifs is 1. The van der Waals surface area contributed by atoms with Gasteiger partial charge in [-0.05, 0) is 51.1 Å². The Kier molecular flexibility index (Phi) is 3.14. The third kappa shape index (κ3) is 2.42. The highest BCUT2D eigenvalue weighted by molar-refractivity contribution is 5.82. The Labute approximate surface area is 129 Å². The zero-order chi connectivity index (χ0) is 15.9. The second-order valence-electron chi connectivity index (χ2n) is 6.00. The lowest BCUT2D eigenvalue weighted by atomic mass is 9.91. The van der Waals surface area contributed by atoms with E-state index < -0.39 is 5.60 Å². The number of nitrogens with zero attached hydrogens (tertiary/aromatic N) is 2. The van der Waals surface area contributed by atoms with Crippen LogP contribution in [0, 0.1) is 23.5 Å². The van der Waals surface area contributed by atoms with Crippen molar-refractivity contribution in [2.24, 2.45) is 0 Å². The molecule has 4 nitrogen and oxygen atoms in total. The first-order chi connectivity index (χ1) is 10.4. The summed E-state index contributed by atoms with van der Waals surface area (Å²) in [6, 6.07) is 11.1. The fraction of sp³-hybridized carbons (Fsp3) is 0.222. The molecule has 1 aromatic heterocycles. The van der Waals surface area contributed by atoms with Crippen LogP contribution in [0.1, 0.15) is 36.2 Å². The Balaban J connectivity index is 2.25. The molecule has 0 bridgehead atoms. The number of benzene rings is 1. The van der Waals surface area contributed by atoms with Gasteiger partial charge in [0.2, 0.25) is 5.69 Å². The van der Waals surface area contributed by atoms with Crippen molar-refractivity contribution in [1.82, 2.24) is 0 Å². The van der Waals surface area contributed by atoms with Gasteiger partial charge in [0.15, 0.2) is 6.20 Å². The number of aromatic nitrogens is 1. The van der Waals surface area contributed by atoms with Crippen LogP contribution in [-0.4, -0.2) is 5.60 Å². The SMILES string of the molecule is Cc1ccc(C2=CC(C)(C)Oc3ccc(C#N)cc32)[n+]([O-])c1. The lowest BCUT2D eigenvalue weighted by molar-refractivity contribution is -0.608. The molecular formula is C18H16N2O2. The maximum Gasteiger partial charge on any atom is 0.224 e. The zero-order valence-corrected chi connectivity index (χ0v) is 12.8. The van der Waals surface area contributed by atoms with Gasteiger partial charge in [0.25, 0.3) is 0 Å². The zero-order valence-electron chi connectivity index (χ0n) is 12.8. The van der Waals surface area contributed by atoms with E-state index >= 15 is 0 Å². The average molecular weight is 292 g/mol. The Morgan fingerprint density at radius 1 is 1.23 bits per heavy atom. The summed E-state index contributed by atoms with van der Waals surface area (Å²) < 4.78 is 6.80. The highest BCUT2D eigenvalue weighted by Crippen LogP contribution is 2.38. The molecular weight excluding hydrogens is 276 g/mol. The van der Waals surface area contributed by atoms with E-state index in [2.05, 4.69) is 6.07 Å². The predicted octanol–water partition coefficient (Wildman–Crippen LogP) is 3.10. The Morgan fingerprint density at radius 3 is 2.68 bits per heavy atom. The molecule has 0 saturated heterocycles. The van der Waals surface area contributed by atoms with E-state index in [4.69, 9.17) is 10.00 Å². The first kappa shape index (κ1) is 14.2. The molecule has 4 heteroatoms. The van der Waals surface area contributed by atoms with Gasteiger partial charge in [-0.3, -0.25) is 0 Å². The topological polar surface area (TPSA) is 60.0 Å². The van der Waals surface area contributed by atoms with Gasteiger partial charge in [0.05, 0.1) is 17.2 Å². The summed E-state index contributed by atoms with van der Waals surface area (Å²) in [7, 11) is 0.